The molecule has 2 N–H and O–H groups in total. The maximum atomic E-state index is 11.9. The number of carbonyl (C=O) groups excluding carboxylic acids is 1. The van der Waals surface area contributed by atoms with Gasteiger partial charge in [0, 0.05) is 24.8 Å². The first kappa shape index (κ1) is 15.4. The van der Waals surface area contributed by atoms with Gasteiger partial charge in [0.15, 0.2) is 0 Å². The quantitative estimate of drug-likeness (QED) is 0.700. The van der Waals surface area contributed by atoms with Crippen LogP contribution in [-0.4, -0.2) is 49.5 Å². The molecular formula is C14H24N4O. The summed E-state index contributed by atoms with van der Waals surface area (Å²) < 4.78 is 0. The number of amides is 1. The minimum Gasteiger partial charge on any atom is -0.370 e. The number of hydrogen-bond donors (Lipinski definition) is 2. The zero-order valence-corrected chi connectivity index (χ0v) is 12.1. The number of hydrogen-bond acceptors (Lipinski definition) is 4. The summed E-state index contributed by atoms with van der Waals surface area (Å²) in [4.78, 5) is 18.2. The molecule has 0 aromatic carbocycles. The summed E-state index contributed by atoms with van der Waals surface area (Å²) in [6.45, 7) is 4.56. The number of carbonyl (C=O) groups is 1. The Morgan fingerprint density at radius 2 is 2.16 bits per heavy atom. The fraction of sp³-hybridized carbons (Fsp3) is 0.571. The molecule has 1 aromatic rings. The fourth-order valence-electron chi connectivity index (χ4n) is 1.71. The second-order valence-corrected chi connectivity index (χ2v) is 4.73. The van der Waals surface area contributed by atoms with Crippen molar-refractivity contribution in [3.05, 3.63) is 23.9 Å². The summed E-state index contributed by atoms with van der Waals surface area (Å²) in [6, 6.07) is 3.51. The van der Waals surface area contributed by atoms with Gasteiger partial charge >= 0.3 is 0 Å². The van der Waals surface area contributed by atoms with E-state index < -0.39 is 0 Å². The van der Waals surface area contributed by atoms with Gasteiger partial charge in [-0.1, -0.05) is 0 Å². The van der Waals surface area contributed by atoms with Crippen LogP contribution in [0.2, 0.25) is 0 Å². The third kappa shape index (κ3) is 6.20. The number of anilines is 1. The highest BCUT2D eigenvalue weighted by atomic mass is 16.1. The van der Waals surface area contributed by atoms with Crippen LogP contribution in [0.5, 0.6) is 0 Å². The van der Waals surface area contributed by atoms with E-state index in [0.717, 1.165) is 31.7 Å². The van der Waals surface area contributed by atoms with Gasteiger partial charge in [0.2, 0.25) is 0 Å². The Bertz CT molecular complexity index is 393. The second kappa shape index (κ2) is 8.48. The molecule has 1 amide bonds. The molecule has 0 aliphatic rings. The first-order valence-electron chi connectivity index (χ1n) is 6.76. The lowest BCUT2D eigenvalue weighted by Crippen LogP contribution is -2.25. The normalized spacial score (nSPS) is 10.5. The summed E-state index contributed by atoms with van der Waals surface area (Å²) in [6.07, 6.45) is 3.74. The van der Waals surface area contributed by atoms with Crippen LogP contribution in [0.25, 0.3) is 0 Å². The van der Waals surface area contributed by atoms with Crippen molar-refractivity contribution in [3.8, 4) is 0 Å². The smallest absolute Gasteiger partial charge is 0.251 e. The first-order chi connectivity index (χ1) is 9.13. The molecule has 0 spiro atoms. The zero-order valence-electron chi connectivity index (χ0n) is 12.1. The van der Waals surface area contributed by atoms with Crippen molar-refractivity contribution in [1.29, 1.82) is 0 Å². The van der Waals surface area contributed by atoms with Crippen LogP contribution < -0.4 is 10.6 Å². The van der Waals surface area contributed by atoms with Crippen molar-refractivity contribution in [1.82, 2.24) is 15.2 Å². The van der Waals surface area contributed by atoms with Crippen LogP contribution in [0.4, 0.5) is 5.82 Å². The highest BCUT2D eigenvalue weighted by molar-refractivity contribution is 5.94. The van der Waals surface area contributed by atoms with E-state index in [1.54, 1.807) is 18.3 Å². The predicted octanol–water partition coefficient (Wildman–Crippen LogP) is 1.58. The number of rotatable bonds is 8. The Kier molecular flexibility index (Phi) is 6.89. The van der Waals surface area contributed by atoms with Gasteiger partial charge in [-0.2, -0.15) is 0 Å². The lowest BCUT2D eigenvalue weighted by atomic mass is 10.2. The van der Waals surface area contributed by atoms with Crippen molar-refractivity contribution >= 4 is 11.7 Å². The summed E-state index contributed by atoms with van der Waals surface area (Å²) >= 11 is 0. The minimum absolute atomic E-state index is 0.0357. The van der Waals surface area contributed by atoms with E-state index in [1.807, 2.05) is 6.92 Å². The maximum absolute atomic E-state index is 11.9. The summed E-state index contributed by atoms with van der Waals surface area (Å²) in [5, 5.41) is 6.02. The minimum atomic E-state index is -0.0357. The predicted molar refractivity (Wildman–Crippen MR) is 78.5 cm³/mol. The van der Waals surface area contributed by atoms with E-state index >= 15 is 0 Å². The van der Waals surface area contributed by atoms with E-state index in [1.165, 1.54) is 0 Å². The highest BCUT2D eigenvalue weighted by Gasteiger charge is 2.05. The van der Waals surface area contributed by atoms with Gasteiger partial charge in [-0.3, -0.25) is 4.79 Å². The van der Waals surface area contributed by atoms with E-state index in [2.05, 4.69) is 34.6 Å². The summed E-state index contributed by atoms with van der Waals surface area (Å²) in [7, 11) is 4.11. The summed E-state index contributed by atoms with van der Waals surface area (Å²) in [5.41, 5.74) is 0.651. The Morgan fingerprint density at radius 1 is 1.37 bits per heavy atom. The van der Waals surface area contributed by atoms with Crippen LogP contribution in [0, 0.1) is 0 Å². The number of unbranched alkanes of at least 4 members (excludes halogenated alkanes) is 1. The van der Waals surface area contributed by atoms with Crippen molar-refractivity contribution in [3.63, 3.8) is 0 Å². The molecule has 5 nitrogen and oxygen atoms in total. The molecule has 1 aromatic heterocycles. The molecule has 0 atom stereocenters. The molecule has 1 rings (SSSR count). The fourth-order valence-corrected chi connectivity index (χ4v) is 1.71. The summed E-state index contributed by atoms with van der Waals surface area (Å²) in [5.74, 6) is 0.703. The number of aromatic nitrogens is 1. The first-order valence-corrected chi connectivity index (χ1v) is 6.76. The molecule has 0 saturated carbocycles. The molecule has 0 radical (unpaired) electrons. The molecule has 0 aliphatic heterocycles. The highest BCUT2D eigenvalue weighted by Crippen LogP contribution is 2.06. The van der Waals surface area contributed by atoms with E-state index in [-0.39, 0.29) is 5.91 Å². The van der Waals surface area contributed by atoms with Gasteiger partial charge in [0.1, 0.15) is 5.82 Å². The van der Waals surface area contributed by atoms with Crippen molar-refractivity contribution < 1.29 is 4.79 Å². The molecule has 5 heteroatoms. The third-order valence-corrected chi connectivity index (χ3v) is 2.70. The van der Waals surface area contributed by atoms with E-state index in [9.17, 15) is 4.79 Å². The standard InChI is InChI=1S/C14H24N4O/c1-4-15-13-11-12(7-9-16-13)14(19)17-8-5-6-10-18(2)3/h7,9,11H,4-6,8,10H2,1-3H3,(H,15,16)(H,17,19). The van der Waals surface area contributed by atoms with Crippen LogP contribution in [-0.2, 0) is 0 Å². The number of nitrogens with zero attached hydrogens (tertiary/aromatic N) is 2. The molecule has 0 aliphatic carbocycles. The van der Waals surface area contributed by atoms with Gasteiger partial charge in [0.25, 0.3) is 5.91 Å². The molecule has 106 valence electrons. The molecule has 0 fully saturated rings. The molecular weight excluding hydrogens is 240 g/mol. The number of pyridine rings is 1. The lowest BCUT2D eigenvalue weighted by molar-refractivity contribution is 0.0952. The van der Waals surface area contributed by atoms with Gasteiger partial charge in [-0.15, -0.1) is 0 Å². The molecule has 1 heterocycles. The molecule has 0 saturated heterocycles. The average Bonchev–Trinajstić information content (AvgIpc) is 2.38. The van der Waals surface area contributed by atoms with Crippen LogP contribution >= 0.6 is 0 Å². The van der Waals surface area contributed by atoms with Gasteiger partial charge < -0.3 is 15.5 Å². The average molecular weight is 264 g/mol. The Balaban J connectivity index is 2.34. The lowest BCUT2D eigenvalue weighted by Gasteiger charge is -2.10. The van der Waals surface area contributed by atoms with Gasteiger partial charge in [-0.05, 0) is 52.5 Å². The number of nitrogens with one attached hydrogen (secondary N) is 2. The van der Waals surface area contributed by atoms with Gasteiger partial charge in [-0.25, -0.2) is 4.98 Å². The van der Waals surface area contributed by atoms with Crippen molar-refractivity contribution in [2.75, 3.05) is 39.0 Å². The van der Waals surface area contributed by atoms with Gasteiger partial charge in [0.05, 0.1) is 0 Å². The molecule has 19 heavy (non-hydrogen) atoms. The van der Waals surface area contributed by atoms with Crippen molar-refractivity contribution in [2.24, 2.45) is 0 Å². The van der Waals surface area contributed by atoms with E-state index in [0.29, 0.717) is 12.1 Å². The monoisotopic (exact) mass is 264 g/mol. The van der Waals surface area contributed by atoms with Crippen LogP contribution in [0.1, 0.15) is 30.1 Å². The van der Waals surface area contributed by atoms with E-state index in [4.69, 9.17) is 0 Å². The maximum Gasteiger partial charge on any atom is 0.251 e. The Labute approximate surface area is 115 Å². The van der Waals surface area contributed by atoms with Crippen LogP contribution in [0.15, 0.2) is 18.3 Å². The topological polar surface area (TPSA) is 57.3 Å². The van der Waals surface area contributed by atoms with Crippen LogP contribution in [0.3, 0.4) is 0 Å². The largest absolute Gasteiger partial charge is 0.370 e. The molecule has 0 unspecified atom stereocenters. The second-order valence-electron chi connectivity index (χ2n) is 4.73. The zero-order chi connectivity index (χ0) is 14.1. The third-order valence-electron chi connectivity index (χ3n) is 2.70. The SMILES string of the molecule is CCNc1cc(C(=O)NCCCCN(C)C)ccn1. The Hall–Kier alpha value is -1.62. The van der Waals surface area contributed by atoms with Crippen molar-refractivity contribution in [2.45, 2.75) is 19.8 Å². The molecule has 0 bridgehead atoms. The Morgan fingerprint density at radius 3 is 2.84 bits per heavy atom.